The molecule has 1 unspecified atom stereocenters. The minimum absolute atomic E-state index is 0.0385. The van der Waals surface area contributed by atoms with E-state index in [2.05, 4.69) is 35.2 Å². The van der Waals surface area contributed by atoms with Gasteiger partial charge in [-0.15, -0.1) is 0 Å². The Hall–Kier alpha value is -1.14. The molecule has 0 aliphatic heterocycles. The molecule has 0 aliphatic rings. The fraction of sp³-hybridized carbons (Fsp3) is 0.167. The molecule has 94 valence electrons. The van der Waals surface area contributed by atoms with E-state index in [0.29, 0.717) is 5.75 Å². The third kappa shape index (κ3) is 2.64. The average molecular weight is 284 g/mol. The summed E-state index contributed by atoms with van der Waals surface area (Å²) in [5, 5.41) is -0.450. The van der Waals surface area contributed by atoms with Gasteiger partial charge in [-0.3, -0.25) is 0 Å². The van der Waals surface area contributed by atoms with Gasteiger partial charge in [0.05, 0.1) is 5.56 Å². The van der Waals surface area contributed by atoms with Gasteiger partial charge in [0, 0.05) is 29.0 Å². The zero-order chi connectivity index (χ0) is 13.1. The maximum absolute atomic E-state index is 13.9. The molecule has 0 N–H and O–H groups in total. The highest BCUT2D eigenvalue weighted by Crippen LogP contribution is 2.29. The van der Waals surface area contributed by atoms with Crippen LogP contribution < -0.4 is 0 Å². The molecular formula is C12H10F2N2S2. The maximum atomic E-state index is 13.9. The van der Waals surface area contributed by atoms with E-state index in [0.717, 1.165) is 12.1 Å². The molecule has 18 heavy (non-hydrogen) atoms. The smallest absolute Gasteiger partial charge is 0.162 e. The topological polar surface area (TPSA) is 25.8 Å². The van der Waals surface area contributed by atoms with Gasteiger partial charge in [0.15, 0.2) is 5.82 Å². The second-order valence-electron chi connectivity index (χ2n) is 3.62. The molecule has 0 spiro atoms. The second kappa shape index (κ2) is 5.67. The van der Waals surface area contributed by atoms with Gasteiger partial charge >= 0.3 is 0 Å². The maximum Gasteiger partial charge on any atom is 0.162 e. The molecule has 0 fully saturated rings. The Morgan fingerprint density at radius 2 is 1.78 bits per heavy atom. The highest BCUT2D eigenvalue weighted by molar-refractivity contribution is 7.84. The van der Waals surface area contributed by atoms with E-state index >= 15 is 0 Å². The first-order valence-corrected chi connectivity index (χ1v) is 6.33. The molecule has 1 aromatic heterocycles. The van der Waals surface area contributed by atoms with Gasteiger partial charge in [-0.25, -0.2) is 18.7 Å². The van der Waals surface area contributed by atoms with Crippen molar-refractivity contribution in [2.24, 2.45) is 0 Å². The number of halogens is 2. The van der Waals surface area contributed by atoms with Gasteiger partial charge in [-0.05, 0) is 18.2 Å². The lowest BCUT2D eigenvalue weighted by atomic mass is 10.1. The summed E-state index contributed by atoms with van der Waals surface area (Å²) >= 11 is 8.16. The molecule has 1 heterocycles. The first kappa shape index (κ1) is 13.3. The van der Waals surface area contributed by atoms with Crippen molar-refractivity contribution < 1.29 is 8.78 Å². The standard InChI is InChI=1S/C12H10F2N2S2/c13-9-5-8(12-15-2-1-3-16-12)10(14)4-7(9)11(18)6-17/h1-5,11,17-18H,6H2. The fourth-order valence-corrected chi connectivity index (χ4v) is 1.92. The van der Waals surface area contributed by atoms with Gasteiger partial charge in [-0.2, -0.15) is 25.3 Å². The van der Waals surface area contributed by atoms with E-state index in [4.69, 9.17) is 0 Å². The molecule has 0 bridgehead atoms. The minimum Gasteiger partial charge on any atom is -0.236 e. The third-order valence-electron chi connectivity index (χ3n) is 2.42. The largest absolute Gasteiger partial charge is 0.236 e. The van der Waals surface area contributed by atoms with Crippen LogP contribution in [0.4, 0.5) is 8.78 Å². The predicted molar refractivity (Wildman–Crippen MR) is 73.0 cm³/mol. The average Bonchev–Trinajstić information content (AvgIpc) is 2.41. The van der Waals surface area contributed by atoms with Crippen molar-refractivity contribution in [3.63, 3.8) is 0 Å². The predicted octanol–water partition coefficient (Wildman–Crippen LogP) is 3.32. The SMILES string of the molecule is Fc1cc(C(S)CS)c(F)cc1-c1ncccn1. The van der Waals surface area contributed by atoms with E-state index in [9.17, 15) is 8.78 Å². The van der Waals surface area contributed by atoms with Crippen LogP contribution in [0, 0.1) is 11.6 Å². The lowest BCUT2D eigenvalue weighted by Crippen LogP contribution is -2.00. The number of thiol groups is 2. The van der Waals surface area contributed by atoms with E-state index in [1.165, 1.54) is 12.4 Å². The number of hydrogen-bond donors (Lipinski definition) is 2. The van der Waals surface area contributed by atoms with Gasteiger partial charge < -0.3 is 0 Å². The van der Waals surface area contributed by atoms with Crippen molar-refractivity contribution in [2.45, 2.75) is 5.25 Å². The summed E-state index contributed by atoms with van der Waals surface area (Å²) in [5.74, 6) is -0.630. The Kier molecular flexibility index (Phi) is 4.19. The molecule has 1 aromatic carbocycles. The Morgan fingerprint density at radius 1 is 1.11 bits per heavy atom. The molecular weight excluding hydrogens is 274 g/mol. The first-order valence-electron chi connectivity index (χ1n) is 5.18. The van der Waals surface area contributed by atoms with Crippen LogP contribution in [0.3, 0.4) is 0 Å². The quantitative estimate of drug-likeness (QED) is 0.846. The fourth-order valence-electron chi connectivity index (χ4n) is 1.53. The number of nitrogens with zero attached hydrogens (tertiary/aromatic N) is 2. The van der Waals surface area contributed by atoms with Crippen LogP contribution in [-0.4, -0.2) is 15.7 Å². The molecule has 6 heteroatoms. The third-order valence-corrected chi connectivity index (χ3v) is 3.54. The Balaban J connectivity index is 2.50. The van der Waals surface area contributed by atoms with Crippen LogP contribution in [0.15, 0.2) is 30.6 Å². The molecule has 2 aromatic rings. The van der Waals surface area contributed by atoms with Gasteiger partial charge in [0.2, 0.25) is 0 Å². The normalized spacial score (nSPS) is 12.4. The van der Waals surface area contributed by atoms with E-state index in [1.54, 1.807) is 6.07 Å². The van der Waals surface area contributed by atoms with Gasteiger partial charge in [0.25, 0.3) is 0 Å². The van der Waals surface area contributed by atoms with Crippen molar-refractivity contribution in [1.29, 1.82) is 0 Å². The highest BCUT2D eigenvalue weighted by atomic mass is 32.1. The van der Waals surface area contributed by atoms with Crippen molar-refractivity contribution in [1.82, 2.24) is 9.97 Å². The number of rotatable bonds is 3. The molecule has 2 nitrogen and oxygen atoms in total. The van der Waals surface area contributed by atoms with Crippen LogP contribution in [0.2, 0.25) is 0 Å². The Morgan fingerprint density at radius 3 is 2.39 bits per heavy atom. The van der Waals surface area contributed by atoms with Crippen molar-refractivity contribution in [2.75, 3.05) is 5.75 Å². The van der Waals surface area contributed by atoms with Crippen LogP contribution in [0.5, 0.6) is 0 Å². The summed E-state index contributed by atoms with van der Waals surface area (Å²) in [4.78, 5) is 7.79. The lowest BCUT2D eigenvalue weighted by molar-refractivity contribution is 0.588. The molecule has 0 aliphatic carbocycles. The summed E-state index contributed by atoms with van der Waals surface area (Å²) in [6.07, 6.45) is 2.95. The summed E-state index contributed by atoms with van der Waals surface area (Å²) < 4.78 is 27.8. The van der Waals surface area contributed by atoms with E-state index < -0.39 is 16.9 Å². The van der Waals surface area contributed by atoms with Crippen molar-refractivity contribution in [3.8, 4) is 11.4 Å². The van der Waals surface area contributed by atoms with Crippen molar-refractivity contribution in [3.05, 3.63) is 47.8 Å². The number of hydrogen-bond acceptors (Lipinski definition) is 4. The summed E-state index contributed by atoms with van der Waals surface area (Å²) in [6, 6.07) is 3.82. The molecule has 0 saturated heterocycles. The molecule has 0 radical (unpaired) electrons. The zero-order valence-electron chi connectivity index (χ0n) is 9.22. The Bertz CT molecular complexity index is 549. The van der Waals surface area contributed by atoms with E-state index in [-0.39, 0.29) is 17.0 Å². The van der Waals surface area contributed by atoms with Crippen LogP contribution in [0.1, 0.15) is 10.8 Å². The monoisotopic (exact) mass is 284 g/mol. The summed E-state index contributed by atoms with van der Waals surface area (Å²) in [5.41, 5.74) is 0.224. The first-order chi connectivity index (χ1) is 8.63. The van der Waals surface area contributed by atoms with Gasteiger partial charge in [0.1, 0.15) is 11.6 Å². The van der Waals surface area contributed by atoms with Gasteiger partial charge in [-0.1, -0.05) is 0 Å². The van der Waals surface area contributed by atoms with E-state index in [1.807, 2.05) is 0 Å². The number of aromatic nitrogens is 2. The van der Waals surface area contributed by atoms with Crippen molar-refractivity contribution >= 4 is 25.3 Å². The molecule has 2 rings (SSSR count). The molecule has 0 amide bonds. The van der Waals surface area contributed by atoms with Crippen LogP contribution >= 0.6 is 25.3 Å². The molecule has 0 saturated carbocycles. The molecule has 1 atom stereocenters. The summed E-state index contributed by atoms with van der Waals surface area (Å²) in [7, 11) is 0. The lowest BCUT2D eigenvalue weighted by Gasteiger charge is -2.11. The van der Waals surface area contributed by atoms with Crippen LogP contribution in [0.25, 0.3) is 11.4 Å². The highest BCUT2D eigenvalue weighted by Gasteiger charge is 2.16. The van der Waals surface area contributed by atoms with Crippen LogP contribution in [-0.2, 0) is 0 Å². The second-order valence-corrected chi connectivity index (χ2v) is 4.61. The summed E-state index contributed by atoms with van der Waals surface area (Å²) in [6.45, 7) is 0. The number of benzene rings is 1. The zero-order valence-corrected chi connectivity index (χ0v) is 11.0. The minimum atomic E-state index is -0.571. The Labute approximate surface area is 114 Å².